The van der Waals surface area contributed by atoms with Gasteiger partial charge in [-0.05, 0) is 55.2 Å². The van der Waals surface area contributed by atoms with E-state index < -0.39 is 17.6 Å². The fraction of sp³-hybridized carbons (Fsp3) is 0.261. The molecule has 0 bridgehead atoms. The molecule has 1 heterocycles. The first-order valence-electron chi connectivity index (χ1n) is 9.60. The Bertz CT molecular complexity index is 1050. The number of rotatable bonds is 6. The van der Waals surface area contributed by atoms with Gasteiger partial charge in [0.25, 0.3) is 5.91 Å². The normalized spacial score (nSPS) is 11.6. The number of aryl methyl sites for hydroxylation is 1. The lowest BCUT2D eigenvalue weighted by Crippen LogP contribution is -2.14. The highest BCUT2D eigenvalue weighted by atomic mass is 19.4. The first-order chi connectivity index (χ1) is 14.1. The number of nitrogens with zero attached hydrogens (tertiary/aromatic N) is 1. The van der Waals surface area contributed by atoms with Crippen LogP contribution in [0.4, 0.5) is 13.2 Å². The topological polar surface area (TPSA) is 68.2 Å². The molecule has 2 aromatic carbocycles. The smallest absolute Gasteiger partial charge is 0.416 e. The van der Waals surface area contributed by atoms with E-state index in [2.05, 4.69) is 0 Å². The maximum Gasteiger partial charge on any atom is 0.416 e. The van der Waals surface area contributed by atoms with E-state index in [-0.39, 0.29) is 5.75 Å². The summed E-state index contributed by atoms with van der Waals surface area (Å²) in [6.07, 6.45) is -3.18. The number of aromatic nitrogens is 1. The first kappa shape index (κ1) is 21.5. The predicted molar refractivity (Wildman–Crippen MR) is 109 cm³/mol. The van der Waals surface area contributed by atoms with Crippen molar-refractivity contribution in [3.63, 3.8) is 0 Å². The van der Waals surface area contributed by atoms with Gasteiger partial charge in [0.05, 0.1) is 11.1 Å². The minimum atomic E-state index is -4.43. The molecule has 0 fully saturated rings. The summed E-state index contributed by atoms with van der Waals surface area (Å²) in [6, 6.07) is 11.7. The van der Waals surface area contributed by atoms with E-state index in [9.17, 15) is 23.1 Å². The molecule has 0 atom stereocenters. The van der Waals surface area contributed by atoms with E-state index in [0.717, 1.165) is 23.4 Å². The summed E-state index contributed by atoms with van der Waals surface area (Å²) in [5.41, 5.74) is 8.90. The number of hydrogen-bond donors (Lipinski definition) is 2. The van der Waals surface area contributed by atoms with Gasteiger partial charge in [-0.1, -0.05) is 31.2 Å². The van der Waals surface area contributed by atoms with E-state index in [1.807, 2.05) is 23.6 Å². The number of carbonyl (C=O) groups is 1. The van der Waals surface area contributed by atoms with Crippen molar-refractivity contribution in [2.75, 3.05) is 0 Å². The summed E-state index contributed by atoms with van der Waals surface area (Å²) >= 11 is 0. The third-order valence-corrected chi connectivity index (χ3v) is 5.27. The zero-order valence-corrected chi connectivity index (χ0v) is 16.8. The van der Waals surface area contributed by atoms with E-state index in [1.165, 1.54) is 12.1 Å². The maximum atomic E-state index is 12.9. The Balaban J connectivity index is 2.05. The van der Waals surface area contributed by atoms with Gasteiger partial charge >= 0.3 is 6.18 Å². The lowest BCUT2D eigenvalue weighted by molar-refractivity contribution is -0.137. The molecule has 1 aromatic heterocycles. The average Bonchev–Trinajstić information content (AvgIpc) is 2.98. The zero-order valence-electron chi connectivity index (χ0n) is 16.8. The fourth-order valence-electron chi connectivity index (χ4n) is 3.81. The molecule has 0 saturated heterocycles. The summed E-state index contributed by atoms with van der Waals surface area (Å²) < 4.78 is 40.8. The second-order valence-electron chi connectivity index (χ2n) is 7.14. The van der Waals surface area contributed by atoms with Crippen LogP contribution in [-0.2, 0) is 25.6 Å². The number of halogens is 3. The van der Waals surface area contributed by atoms with Crippen LogP contribution in [0.25, 0.3) is 11.1 Å². The molecule has 1 amide bonds. The van der Waals surface area contributed by atoms with Crippen LogP contribution < -0.4 is 5.73 Å². The van der Waals surface area contributed by atoms with E-state index in [1.54, 1.807) is 19.1 Å². The highest BCUT2D eigenvalue weighted by molar-refractivity contribution is 6.02. The first-order valence-corrected chi connectivity index (χ1v) is 9.60. The summed E-state index contributed by atoms with van der Waals surface area (Å²) in [5.74, 6) is -0.425. The standard InChI is InChI=1S/C23H23F3N2O2/c1-3-19-21(16-6-8-17(9-7-16)23(24,25)26)20(22(27)30)14(2)28(19)13-12-15-4-10-18(29)11-5-15/h4-11,29H,3,12-13H2,1-2H3,(H2,27,30). The minimum Gasteiger partial charge on any atom is -0.508 e. The molecule has 4 nitrogen and oxygen atoms in total. The number of phenolic OH excluding ortho intramolecular Hbond substituents is 1. The number of amides is 1. The Hall–Kier alpha value is -3.22. The lowest BCUT2D eigenvalue weighted by atomic mass is 9.97. The van der Waals surface area contributed by atoms with Crippen molar-refractivity contribution in [2.45, 2.75) is 39.4 Å². The van der Waals surface area contributed by atoms with Gasteiger partial charge in [0.15, 0.2) is 0 Å². The van der Waals surface area contributed by atoms with Crippen LogP contribution in [0.15, 0.2) is 48.5 Å². The molecule has 3 aromatic rings. The summed E-state index contributed by atoms with van der Waals surface area (Å²) in [7, 11) is 0. The van der Waals surface area contributed by atoms with Gasteiger partial charge in [0.1, 0.15) is 5.75 Å². The molecule has 0 aliphatic carbocycles. The highest BCUT2D eigenvalue weighted by Gasteiger charge is 2.31. The van der Waals surface area contributed by atoms with Crippen molar-refractivity contribution in [1.29, 1.82) is 0 Å². The number of nitrogens with two attached hydrogens (primary N) is 1. The third kappa shape index (κ3) is 4.20. The molecule has 0 aliphatic heterocycles. The fourth-order valence-corrected chi connectivity index (χ4v) is 3.81. The van der Waals surface area contributed by atoms with E-state index in [0.29, 0.717) is 41.8 Å². The lowest BCUT2D eigenvalue weighted by Gasteiger charge is -2.13. The molecule has 0 radical (unpaired) electrons. The van der Waals surface area contributed by atoms with Crippen molar-refractivity contribution in [3.8, 4) is 16.9 Å². The molecule has 0 aliphatic rings. The molecule has 0 unspecified atom stereocenters. The molecule has 0 spiro atoms. The number of benzene rings is 2. The Morgan fingerprint density at radius 1 is 1.07 bits per heavy atom. The largest absolute Gasteiger partial charge is 0.508 e. The van der Waals surface area contributed by atoms with Crippen LogP contribution >= 0.6 is 0 Å². The van der Waals surface area contributed by atoms with Crippen molar-refractivity contribution >= 4 is 5.91 Å². The maximum absolute atomic E-state index is 12.9. The molecule has 158 valence electrons. The van der Waals surface area contributed by atoms with Crippen molar-refractivity contribution in [1.82, 2.24) is 4.57 Å². The van der Waals surface area contributed by atoms with Crippen LogP contribution in [-0.4, -0.2) is 15.6 Å². The van der Waals surface area contributed by atoms with Crippen LogP contribution in [0, 0.1) is 6.92 Å². The number of phenols is 1. The monoisotopic (exact) mass is 416 g/mol. The molecule has 3 N–H and O–H groups in total. The van der Waals surface area contributed by atoms with Gasteiger partial charge in [-0.3, -0.25) is 4.79 Å². The quantitative estimate of drug-likeness (QED) is 0.588. The Morgan fingerprint density at radius 3 is 2.17 bits per heavy atom. The van der Waals surface area contributed by atoms with Crippen molar-refractivity contribution in [3.05, 3.63) is 76.6 Å². The summed E-state index contributed by atoms with van der Waals surface area (Å²) in [4.78, 5) is 12.2. The Morgan fingerprint density at radius 2 is 1.67 bits per heavy atom. The van der Waals surface area contributed by atoms with Crippen molar-refractivity contribution < 1.29 is 23.1 Å². The Kier molecular flexibility index (Phi) is 5.92. The molecule has 30 heavy (non-hydrogen) atoms. The van der Waals surface area contributed by atoms with Crippen LogP contribution in [0.1, 0.15) is 39.8 Å². The summed E-state index contributed by atoms with van der Waals surface area (Å²) in [6.45, 7) is 4.30. The van der Waals surface area contributed by atoms with Gasteiger partial charge in [0, 0.05) is 23.5 Å². The number of alkyl halides is 3. The number of aromatic hydroxyl groups is 1. The van der Waals surface area contributed by atoms with Crippen LogP contribution in [0.3, 0.4) is 0 Å². The van der Waals surface area contributed by atoms with Gasteiger partial charge in [-0.2, -0.15) is 13.2 Å². The van der Waals surface area contributed by atoms with Crippen molar-refractivity contribution in [2.24, 2.45) is 5.73 Å². The predicted octanol–water partition coefficient (Wildman–Crippen LogP) is 5.09. The van der Waals surface area contributed by atoms with Gasteiger partial charge in [-0.15, -0.1) is 0 Å². The van der Waals surface area contributed by atoms with Crippen LogP contribution in [0.2, 0.25) is 0 Å². The number of primary amides is 1. The molecule has 0 saturated carbocycles. The highest BCUT2D eigenvalue weighted by Crippen LogP contribution is 2.36. The average molecular weight is 416 g/mol. The second kappa shape index (κ2) is 8.26. The van der Waals surface area contributed by atoms with Gasteiger partial charge < -0.3 is 15.4 Å². The molecule has 7 heteroatoms. The molecular weight excluding hydrogens is 393 g/mol. The third-order valence-electron chi connectivity index (χ3n) is 5.27. The van der Waals surface area contributed by atoms with E-state index >= 15 is 0 Å². The van der Waals surface area contributed by atoms with Crippen LogP contribution in [0.5, 0.6) is 5.75 Å². The van der Waals surface area contributed by atoms with E-state index in [4.69, 9.17) is 5.73 Å². The SMILES string of the molecule is CCc1c(-c2ccc(C(F)(F)F)cc2)c(C(N)=O)c(C)n1CCc1ccc(O)cc1. The summed E-state index contributed by atoms with van der Waals surface area (Å²) in [5, 5.41) is 9.44. The zero-order chi connectivity index (χ0) is 22.1. The van der Waals surface area contributed by atoms with Gasteiger partial charge in [-0.25, -0.2) is 0 Å². The van der Waals surface area contributed by atoms with Gasteiger partial charge in [0.2, 0.25) is 0 Å². The molecular formula is C23H23F3N2O2. The Labute approximate surface area is 172 Å². The molecule has 3 rings (SSSR count). The minimum absolute atomic E-state index is 0.186. The second-order valence-corrected chi connectivity index (χ2v) is 7.14. The number of hydrogen-bond acceptors (Lipinski definition) is 2. The number of carbonyl (C=O) groups excluding carboxylic acids is 1.